The molecule has 1 aromatic carbocycles. The molecule has 1 aliphatic heterocycles. The van der Waals surface area contributed by atoms with E-state index in [-0.39, 0.29) is 11.7 Å². The Balaban J connectivity index is 1.31. The second-order valence-electron chi connectivity index (χ2n) is 9.35. The highest BCUT2D eigenvalue weighted by Crippen LogP contribution is 2.38. The van der Waals surface area contributed by atoms with E-state index in [4.69, 9.17) is 0 Å². The molecular weight excluding hydrogens is 445 g/mol. The zero-order valence-electron chi connectivity index (χ0n) is 17.2. The Hall–Kier alpha value is -1.53. The van der Waals surface area contributed by atoms with Crippen LogP contribution in [0.25, 0.3) is 10.9 Å². The van der Waals surface area contributed by atoms with Gasteiger partial charge in [0.25, 0.3) is 0 Å². The number of halogens is 2. The summed E-state index contributed by atoms with van der Waals surface area (Å²) < 4.78 is 14.5. The van der Waals surface area contributed by atoms with Crippen molar-refractivity contribution in [3.05, 3.63) is 34.4 Å². The van der Waals surface area contributed by atoms with Gasteiger partial charge in [0, 0.05) is 47.6 Å². The van der Waals surface area contributed by atoms with Crippen LogP contribution in [0.5, 0.6) is 0 Å². The monoisotopic (exact) mass is 473 g/mol. The number of nitrogens with zero attached hydrogens (tertiary/aromatic N) is 2. The first-order chi connectivity index (χ1) is 14.6. The quantitative estimate of drug-likeness (QED) is 0.554. The molecule has 0 radical (unpaired) electrons. The first kappa shape index (κ1) is 20.4. The van der Waals surface area contributed by atoms with Crippen LogP contribution in [0, 0.1) is 11.8 Å². The fourth-order valence-corrected chi connectivity index (χ4v) is 5.44. The van der Waals surface area contributed by atoms with Gasteiger partial charge >= 0.3 is 0 Å². The molecule has 2 heterocycles. The second kappa shape index (κ2) is 8.54. The van der Waals surface area contributed by atoms with Crippen LogP contribution in [0.4, 0.5) is 10.1 Å². The molecule has 0 amide bonds. The van der Waals surface area contributed by atoms with Crippen molar-refractivity contribution in [2.45, 2.75) is 57.2 Å². The molecular formula is C24H29BrFN3O. The number of alkyl halides is 1. The Labute approximate surface area is 185 Å². The zero-order chi connectivity index (χ0) is 20.7. The lowest BCUT2D eigenvalue weighted by Gasteiger charge is -2.32. The van der Waals surface area contributed by atoms with Crippen molar-refractivity contribution in [1.82, 2.24) is 9.88 Å². The summed E-state index contributed by atoms with van der Waals surface area (Å²) in [6.45, 7) is 2.55. The van der Waals surface area contributed by atoms with E-state index in [1.54, 1.807) is 6.20 Å². The lowest BCUT2D eigenvalue weighted by Crippen LogP contribution is -2.33. The van der Waals surface area contributed by atoms with Gasteiger partial charge in [0.05, 0.1) is 16.8 Å². The average Bonchev–Trinajstić information content (AvgIpc) is 3.52. The van der Waals surface area contributed by atoms with Crippen LogP contribution in [-0.4, -0.2) is 47.5 Å². The maximum absolute atomic E-state index is 13.5. The van der Waals surface area contributed by atoms with Gasteiger partial charge in [0.1, 0.15) is 6.17 Å². The van der Waals surface area contributed by atoms with E-state index >= 15 is 0 Å². The highest BCUT2D eigenvalue weighted by molar-refractivity contribution is 9.10. The fraction of sp³-hybridized carbons (Fsp3) is 0.583. The number of fused-ring (bicyclic) bond motifs is 1. The fourth-order valence-electron chi connectivity index (χ4n) is 5.08. The van der Waals surface area contributed by atoms with Gasteiger partial charge in [-0.15, -0.1) is 0 Å². The molecule has 1 atom stereocenters. The first-order valence-corrected chi connectivity index (χ1v) is 12.1. The number of carbonyl (C=O) groups is 1. The minimum atomic E-state index is -0.635. The van der Waals surface area contributed by atoms with E-state index in [1.807, 2.05) is 12.1 Å². The minimum Gasteiger partial charge on any atom is -0.381 e. The summed E-state index contributed by atoms with van der Waals surface area (Å²) in [6, 6.07) is 6.43. The van der Waals surface area contributed by atoms with Crippen molar-refractivity contribution >= 4 is 38.3 Å². The summed E-state index contributed by atoms with van der Waals surface area (Å²) in [5.74, 6) is 1.06. The van der Waals surface area contributed by atoms with Gasteiger partial charge in [-0.3, -0.25) is 9.78 Å². The SMILES string of the molecule is O=C(c1cnc2ccc(Br)cc2c1NC1CCC(CN2CCC(F)C2)CC1)C1CC1. The van der Waals surface area contributed by atoms with Gasteiger partial charge in [-0.2, -0.15) is 0 Å². The molecule has 2 saturated carbocycles. The average molecular weight is 474 g/mol. The normalized spacial score (nSPS) is 27.5. The Bertz CT molecular complexity index is 939. The largest absolute Gasteiger partial charge is 0.381 e. The molecule has 2 aromatic rings. The highest BCUT2D eigenvalue weighted by Gasteiger charge is 2.33. The number of Topliss-reactive ketones (excluding diaryl/α,β-unsaturated/α-hetero) is 1. The molecule has 0 bridgehead atoms. The van der Waals surface area contributed by atoms with Gasteiger partial charge in [-0.1, -0.05) is 15.9 Å². The summed E-state index contributed by atoms with van der Waals surface area (Å²) in [7, 11) is 0. The van der Waals surface area contributed by atoms with Crippen molar-refractivity contribution < 1.29 is 9.18 Å². The molecule has 1 saturated heterocycles. The molecule has 160 valence electrons. The first-order valence-electron chi connectivity index (χ1n) is 11.3. The minimum absolute atomic E-state index is 0.174. The van der Waals surface area contributed by atoms with Gasteiger partial charge in [0.15, 0.2) is 5.78 Å². The third-order valence-electron chi connectivity index (χ3n) is 6.97. The number of ketones is 1. The molecule has 1 aromatic heterocycles. The Morgan fingerprint density at radius 1 is 1.17 bits per heavy atom. The van der Waals surface area contributed by atoms with Crippen LogP contribution in [0.1, 0.15) is 55.3 Å². The predicted octanol–water partition coefficient (Wildman–Crippen LogP) is 5.60. The van der Waals surface area contributed by atoms with Crippen LogP contribution in [0.15, 0.2) is 28.9 Å². The van der Waals surface area contributed by atoms with Crippen molar-refractivity contribution in [2.75, 3.05) is 25.0 Å². The van der Waals surface area contributed by atoms with Gasteiger partial charge in [-0.05, 0) is 69.1 Å². The third kappa shape index (κ3) is 4.40. The third-order valence-corrected chi connectivity index (χ3v) is 7.46. The number of likely N-dealkylation sites (tertiary alicyclic amines) is 1. The smallest absolute Gasteiger partial charge is 0.169 e. The Kier molecular flexibility index (Phi) is 5.80. The Morgan fingerprint density at radius 3 is 2.67 bits per heavy atom. The van der Waals surface area contributed by atoms with Crippen LogP contribution in [0.3, 0.4) is 0 Å². The number of rotatable bonds is 6. The van der Waals surface area contributed by atoms with E-state index in [9.17, 15) is 9.18 Å². The standard InChI is InChI=1S/C24H29BrFN3O/c25-17-5-8-22-20(11-17)23(21(12-27-22)24(30)16-3-4-16)28-19-6-1-15(2-7-19)13-29-10-9-18(26)14-29/h5,8,11-12,15-16,18-19H,1-4,6-7,9-10,13-14H2,(H,27,28). The molecule has 0 spiro atoms. The summed E-state index contributed by atoms with van der Waals surface area (Å²) in [5, 5.41) is 4.77. The summed E-state index contributed by atoms with van der Waals surface area (Å²) in [5.41, 5.74) is 2.62. The molecule has 3 aliphatic rings. The summed E-state index contributed by atoms with van der Waals surface area (Å²) in [6.07, 6.45) is 8.31. The van der Waals surface area contributed by atoms with Crippen LogP contribution >= 0.6 is 15.9 Å². The van der Waals surface area contributed by atoms with E-state index in [1.165, 1.54) is 0 Å². The number of hydrogen-bond donors (Lipinski definition) is 1. The topological polar surface area (TPSA) is 45.2 Å². The number of anilines is 1. The van der Waals surface area contributed by atoms with Crippen LogP contribution in [0.2, 0.25) is 0 Å². The maximum Gasteiger partial charge on any atom is 0.169 e. The number of nitrogens with one attached hydrogen (secondary N) is 1. The number of benzene rings is 1. The summed E-state index contributed by atoms with van der Waals surface area (Å²) >= 11 is 3.58. The van der Waals surface area contributed by atoms with Crippen molar-refractivity contribution in [1.29, 1.82) is 0 Å². The number of aromatic nitrogens is 1. The molecule has 2 aliphatic carbocycles. The molecule has 4 nitrogen and oxygen atoms in total. The molecule has 1 unspecified atom stereocenters. The lowest BCUT2D eigenvalue weighted by molar-refractivity contribution is 0.0968. The maximum atomic E-state index is 13.5. The lowest BCUT2D eigenvalue weighted by atomic mass is 9.85. The van der Waals surface area contributed by atoms with E-state index < -0.39 is 6.17 Å². The highest BCUT2D eigenvalue weighted by atomic mass is 79.9. The molecule has 6 heteroatoms. The van der Waals surface area contributed by atoms with Crippen LogP contribution in [-0.2, 0) is 0 Å². The molecule has 30 heavy (non-hydrogen) atoms. The second-order valence-corrected chi connectivity index (χ2v) is 10.3. The van der Waals surface area contributed by atoms with E-state index in [0.29, 0.717) is 24.9 Å². The number of pyridine rings is 1. The molecule has 3 fully saturated rings. The van der Waals surface area contributed by atoms with E-state index in [2.05, 4.69) is 37.2 Å². The molecule has 1 N–H and O–H groups in total. The zero-order valence-corrected chi connectivity index (χ0v) is 18.8. The predicted molar refractivity (Wildman–Crippen MR) is 122 cm³/mol. The van der Waals surface area contributed by atoms with E-state index in [0.717, 1.165) is 78.2 Å². The molecule has 5 rings (SSSR count). The van der Waals surface area contributed by atoms with Crippen molar-refractivity contribution in [3.63, 3.8) is 0 Å². The van der Waals surface area contributed by atoms with Gasteiger partial charge < -0.3 is 10.2 Å². The Morgan fingerprint density at radius 2 is 1.97 bits per heavy atom. The number of hydrogen-bond acceptors (Lipinski definition) is 4. The van der Waals surface area contributed by atoms with Gasteiger partial charge in [0.2, 0.25) is 0 Å². The van der Waals surface area contributed by atoms with Crippen LogP contribution < -0.4 is 5.32 Å². The van der Waals surface area contributed by atoms with Crippen molar-refractivity contribution in [2.24, 2.45) is 11.8 Å². The summed E-state index contributed by atoms with van der Waals surface area (Å²) in [4.78, 5) is 19.8. The number of carbonyl (C=O) groups excluding carboxylic acids is 1. The van der Waals surface area contributed by atoms with Crippen molar-refractivity contribution in [3.8, 4) is 0 Å². The van der Waals surface area contributed by atoms with Gasteiger partial charge in [-0.25, -0.2) is 4.39 Å².